The first kappa shape index (κ1) is 29.9. The number of carbonyl (C=O) groups is 5. The van der Waals surface area contributed by atoms with E-state index in [0.29, 0.717) is 16.5 Å². The van der Waals surface area contributed by atoms with Crippen LogP contribution in [0.2, 0.25) is 0 Å². The number of hydrogen-bond donors (Lipinski definition) is 6. The smallest absolute Gasteiger partial charge is 0.322 e. The van der Waals surface area contributed by atoms with Gasteiger partial charge in [-0.3, -0.25) is 24.1 Å². The van der Waals surface area contributed by atoms with Crippen molar-refractivity contribution in [2.75, 3.05) is 47.9 Å². The lowest BCUT2D eigenvalue weighted by molar-refractivity contribution is -0.156. The Hall–Kier alpha value is -4.10. The third kappa shape index (κ3) is 6.46. The van der Waals surface area contributed by atoms with Crippen molar-refractivity contribution in [3.63, 3.8) is 0 Å². The average Bonchev–Trinajstić information content (AvgIpc) is 3.40. The Morgan fingerprint density at radius 3 is 2.59 bits per heavy atom. The Kier molecular flexibility index (Phi) is 9.18. The van der Waals surface area contributed by atoms with Crippen LogP contribution in [0.15, 0.2) is 29.4 Å². The summed E-state index contributed by atoms with van der Waals surface area (Å²) in [6, 6.07) is 4.78. The van der Waals surface area contributed by atoms with E-state index in [2.05, 4.69) is 26.2 Å². The number of anilines is 2. The van der Waals surface area contributed by atoms with Gasteiger partial charge < -0.3 is 37.2 Å². The number of hydrogen-bond acceptors (Lipinski definition) is 12. The summed E-state index contributed by atoms with van der Waals surface area (Å²) in [5.74, 6) is -2.78. The van der Waals surface area contributed by atoms with Crippen molar-refractivity contribution in [1.29, 1.82) is 0 Å². The Morgan fingerprint density at radius 1 is 1.22 bits per heavy atom. The third-order valence-corrected chi connectivity index (χ3v) is 9.30. The van der Waals surface area contributed by atoms with E-state index in [1.54, 1.807) is 24.3 Å². The predicted octanol–water partition coefficient (Wildman–Crippen LogP) is -1.72. The van der Waals surface area contributed by atoms with Crippen molar-refractivity contribution in [3.05, 3.63) is 24.3 Å². The molecule has 220 valence electrons. The zero-order valence-electron chi connectivity index (χ0n) is 21.5. The summed E-state index contributed by atoms with van der Waals surface area (Å²) in [4.78, 5) is 63.2. The molecular formula is C22H28N10O7S2. The maximum atomic E-state index is 13.4. The number of nitrogens with zero attached hydrogens (tertiary/aromatic N) is 6. The number of carboxylic acid groups (broad SMARTS) is 2. The molecule has 19 heteroatoms. The molecule has 8 N–H and O–H groups in total. The van der Waals surface area contributed by atoms with Gasteiger partial charge in [0.05, 0.1) is 13.1 Å². The summed E-state index contributed by atoms with van der Waals surface area (Å²) < 4.78 is 1.42. The summed E-state index contributed by atoms with van der Waals surface area (Å²) in [5, 5.41) is 35.4. The maximum absolute atomic E-state index is 13.4. The van der Waals surface area contributed by atoms with Crippen LogP contribution >= 0.6 is 23.5 Å². The number of carbonyl (C=O) groups excluding carboxylic acids is 3. The lowest BCUT2D eigenvalue weighted by Crippen LogP contribution is -2.75. The van der Waals surface area contributed by atoms with Crippen LogP contribution < -0.4 is 27.0 Å². The molecule has 17 nitrogen and oxygen atoms in total. The number of nitrogens with two attached hydrogens (primary N) is 2. The number of nitrogens with one attached hydrogen (secondary N) is 2. The molecule has 2 unspecified atom stereocenters. The van der Waals surface area contributed by atoms with E-state index in [4.69, 9.17) is 16.6 Å². The normalized spacial score (nSPS) is 21.4. The Balaban J connectivity index is 1.45. The monoisotopic (exact) mass is 608 g/mol. The number of tetrazole rings is 1. The Bertz CT molecular complexity index is 1330. The van der Waals surface area contributed by atoms with Crippen molar-refractivity contribution < 1.29 is 34.2 Å². The molecule has 1 aromatic heterocycles. The minimum Gasteiger partial charge on any atom is -0.481 e. The van der Waals surface area contributed by atoms with Gasteiger partial charge in [0, 0.05) is 36.0 Å². The summed E-state index contributed by atoms with van der Waals surface area (Å²) in [7, 11) is 0. The largest absolute Gasteiger partial charge is 0.481 e. The second-order valence-corrected chi connectivity index (χ2v) is 11.3. The molecule has 2 aromatic rings. The van der Waals surface area contributed by atoms with Crippen LogP contribution in [0.25, 0.3) is 0 Å². The molecule has 2 aliphatic heterocycles. The van der Waals surface area contributed by atoms with Crippen molar-refractivity contribution in [2.24, 2.45) is 16.9 Å². The number of carboxylic acids is 2. The van der Waals surface area contributed by atoms with E-state index in [-0.39, 0.29) is 44.2 Å². The minimum atomic E-state index is -1.31. The van der Waals surface area contributed by atoms with E-state index in [1.165, 1.54) is 26.2 Å². The first-order valence-electron chi connectivity index (χ1n) is 12.2. The van der Waals surface area contributed by atoms with Gasteiger partial charge in [-0.25, -0.2) is 9.48 Å². The molecule has 3 atom stereocenters. The molecular weight excluding hydrogens is 580 g/mol. The van der Waals surface area contributed by atoms with Crippen LogP contribution in [0, 0.1) is 5.41 Å². The average molecular weight is 609 g/mol. The van der Waals surface area contributed by atoms with E-state index >= 15 is 0 Å². The van der Waals surface area contributed by atoms with Gasteiger partial charge in [0.2, 0.25) is 17.0 Å². The van der Waals surface area contributed by atoms with Gasteiger partial charge >= 0.3 is 18.0 Å². The first-order valence-corrected chi connectivity index (χ1v) is 14.3. The van der Waals surface area contributed by atoms with E-state index in [0.717, 1.165) is 11.8 Å². The summed E-state index contributed by atoms with van der Waals surface area (Å²) in [5.41, 5.74) is 10.3. The molecule has 3 heterocycles. The number of rotatable bonds is 13. The number of aliphatic carboxylic acids is 2. The number of primary amides is 1. The van der Waals surface area contributed by atoms with E-state index < -0.39 is 46.6 Å². The molecule has 1 aromatic carbocycles. The van der Waals surface area contributed by atoms with Gasteiger partial charge in [-0.05, 0) is 34.7 Å². The van der Waals surface area contributed by atoms with Crippen LogP contribution in [-0.2, 0) is 25.7 Å². The fourth-order valence-corrected chi connectivity index (χ4v) is 7.20. The number of amides is 4. The number of aromatic nitrogens is 4. The lowest BCUT2D eigenvalue weighted by Gasteiger charge is -2.56. The Labute approximate surface area is 241 Å². The number of β-lactam (4-membered cyclic amide) rings is 1. The molecule has 4 amide bonds. The fourth-order valence-electron chi connectivity index (χ4n) is 4.39. The number of urea groups is 1. The highest BCUT2D eigenvalue weighted by molar-refractivity contribution is 8.00. The maximum Gasteiger partial charge on any atom is 0.322 e. The second kappa shape index (κ2) is 12.6. The predicted molar refractivity (Wildman–Crippen MR) is 147 cm³/mol. The molecule has 2 saturated heterocycles. The minimum absolute atomic E-state index is 0.0658. The molecule has 0 spiro atoms. The third-order valence-electron chi connectivity index (χ3n) is 6.48. The topological polar surface area (TPSA) is 252 Å². The van der Waals surface area contributed by atoms with Crippen LogP contribution in [0.3, 0.4) is 0 Å². The van der Waals surface area contributed by atoms with E-state index in [1.807, 2.05) is 0 Å². The molecule has 41 heavy (non-hydrogen) atoms. The summed E-state index contributed by atoms with van der Waals surface area (Å²) >= 11 is 2.38. The van der Waals surface area contributed by atoms with Gasteiger partial charge in [-0.1, -0.05) is 11.8 Å². The molecule has 2 aliphatic rings. The zero-order valence-corrected chi connectivity index (χ0v) is 23.1. The molecule has 0 radical (unpaired) electrons. The second-order valence-electron chi connectivity index (χ2n) is 9.22. The van der Waals surface area contributed by atoms with Crippen molar-refractivity contribution in [1.82, 2.24) is 30.4 Å². The standard InChI is InChI=1S/C22H28N10O7S2/c23-7-14(33)32(13-3-1-12(2-4-13)26-8-15(34)35)16-17(36)30-9-22(19(37)38,10-40-18(16)30)11-41-21-27-28-29-31(21)6-5-25-20(24)39/h1-4,16,18,26H,5-11,23H2,(H,34,35)(H,37,38)(H3,24,25,39)/t16?,18-,22?/m1/s1. The van der Waals surface area contributed by atoms with E-state index in [9.17, 15) is 29.1 Å². The number of benzene rings is 1. The lowest BCUT2D eigenvalue weighted by atomic mass is 9.89. The number of fused-ring (bicyclic) bond motifs is 1. The molecule has 2 fully saturated rings. The SMILES string of the molecule is NCC(=O)N(c1ccc(NCC(=O)O)cc1)C1C(=O)N2CC(CSc3nnnn3CCNC(N)=O)(C(=O)O)CS[C@H]12. The highest BCUT2D eigenvalue weighted by atomic mass is 32.2. The molecule has 0 saturated carbocycles. The van der Waals surface area contributed by atoms with Gasteiger partial charge in [0.25, 0.3) is 0 Å². The van der Waals surface area contributed by atoms with Gasteiger partial charge in [-0.15, -0.1) is 16.9 Å². The van der Waals surface area contributed by atoms with Crippen LogP contribution in [-0.4, -0.2) is 114 Å². The highest BCUT2D eigenvalue weighted by Gasteiger charge is 2.59. The Morgan fingerprint density at radius 2 is 1.95 bits per heavy atom. The van der Waals surface area contributed by atoms with Gasteiger partial charge in [0.15, 0.2) is 0 Å². The van der Waals surface area contributed by atoms with Gasteiger partial charge in [-0.2, -0.15) is 0 Å². The molecule has 4 rings (SSSR count). The number of thioether (sulfide) groups is 2. The highest BCUT2D eigenvalue weighted by Crippen LogP contribution is 2.46. The van der Waals surface area contributed by atoms with Crippen LogP contribution in [0.4, 0.5) is 16.2 Å². The van der Waals surface area contributed by atoms with Gasteiger partial charge in [0.1, 0.15) is 23.4 Å². The first-order chi connectivity index (χ1) is 19.6. The van der Waals surface area contributed by atoms with Crippen molar-refractivity contribution in [3.8, 4) is 0 Å². The van der Waals surface area contributed by atoms with Crippen molar-refractivity contribution >= 4 is 64.7 Å². The van der Waals surface area contributed by atoms with Crippen LogP contribution in [0.1, 0.15) is 0 Å². The quantitative estimate of drug-likeness (QED) is 0.109. The summed E-state index contributed by atoms with van der Waals surface area (Å²) in [6.07, 6.45) is 0. The fraction of sp³-hybridized carbons (Fsp3) is 0.455. The molecule has 0 aliphatic carbocycles. The zero-order chi connectivity index (χ0) is 29.7. The van der Waals surface area contributed by atoms with Crippen molar-refractivity contribution in [2.45, 2.75) is 23.1 Å². The summed E-state index contributed by atoms with van der Waals surface area (Å²) in [6.45, 7) is -0.304. The molecule has 0 bridgehead atoms. The van der Waals surface area contributed by atoms with Crippen LogP contribution in [0.5, 0.6) is 0 Å².